The quantitative estimate of drug-likeness (QED) is 0.904. The minimum atomic E-state index is -0.691. The number of aryl methyl sites for hydroxylation is 1. The van der Waals surface area contributed by atoms with Crippen molar-refractivity contribution in [3.63, 3.8) is 0 Å². The number of hydrogen-bond donors (Lipinski definition) is 2. The van der Waals surface area contributed by atoms with Crippen molar-refractivity contribution in [1.29, 1.82) is 0 Å². The van der Waals surface area contributed by atoms with Crippen LogP contribution in [0.3, 0.4) is 0 Å². The summed E-state index contributed by atoms with van der Waals surface area (Å²) in [6, 6.07) is 6.22. The smallest absolute Gasteiger partial charge is 0.252 e. The van der Waals surface area contributed by atoms with Crippen LogP contribution in [0.1, 0.15) is 18.3 Å². The Morgan fingerprint density at radius 1 is 1.48 bits per heavy atom. The molecule has 3 rings (SSSR count). The number of halogens is 1. The number of fused-ring (bicyclic) bond motifs is 1. The molecule has 7 nitrogen and oxygen atoms in total. The molecule has 0 saturated heterocycles. The van der Waals surface area contributed by atoms with E-state index in [9.17, 15) is 9.59 Å². The van der Waals surface area contributed by atoms with Crippen LogP contribution in [0.5, 0.6) is 0 Å². The molecule has 0 saturated carbocycles. The van der Waals surface area contributed by atoms with Gasteiger partial charge in [0.1, 0.15) is 11.9 Å². The molecule has 0 radical (unpaired) electrons. The molecule has 8 heteroatoms. The summed E-state index contributed by atoms with van der Waals surface area (Å²) in [5.74, 6) is 0.304. The highest BCUT2D eigenvalue weighted by Gasteiger charge is 2.34. The summed E-state index contributed by atoms with van der Waals surface area (Å²) in [5.41, 5.74) is 0.512. The normalized spacial score (nSPS) is 16.5. The summed E-state index contributed by atoms with van der Waals surface area (Å²) < 4.78 is 1.43. The second kappa shape index (κ2) is 5.17. The number of amides is 2. The molecule has 1 aromatic heterocycles. The van der Waals surface area contributed by atoms with Crippen LogP contribution in [-0.4, -0.2) is 26.6 Å². The van der Waals surface area contributed by atoms with E-state index in [4.69, 9.17) is 11.6 Å². The zero-order valence-electron chi connectivity index (χ0n) is 11.1. The lowest BCUT2D eigenvalue weighted by atomic mass is 10.2. The Bertz CT molecular complexity index is 727. The molecule has 1 aliphatic heterocycles. The molecule has 108 valence electrons. The molecule has 0 spiro atoms. The van der Waals surface area contributed by atoms with Gasteiger partial charge in [-0.25, -0.2) is 4.68 Å². The standard InChI is InChI=1S/C13H12ClN5O2/c1-7-15-13-17-12(21)10(19(13)18-7)6-11(20)16-9-5-3-2-4-8(9)14/h2-5,10H,6H2,1H3,(H,16,20)(H,15,17,18,21)/t10-/m0/s1. The van der Waals surface area contributed by atoms with Gasteiger partial charge in [0.25, 0.3) is 5.91 Å². The number of nitrogens with one attached hydrogen (secondary N) is 2. The zero-order valence-corrected chi connectivity index (χ0v) is 11.9. The molecule has 2 heterocycles. The third-order valence-electron chi connectivity index (χ3n) is 3.10. The third kappa shape index (κ3) is 2.59. The van der Waals surface area contributed by atoms with Crippen LogP contribution < -0.4 is 10.6 Å². The van der Waals surface area contributed by atoms with Crippen molar-refractivity contribution in [3.05, 3.63) is 35.1 Å². The molecule has 0 fully saturated rings. The zero-order chi connectivity index (χ0) is 15.0. The van der Waals surface area contributed by atoms with Crippen molar-refractivity contribution in [2.45, 2.75) is 19.4 Å². The predicted molar refractivity (Wildman–Crippen MR) is 77.1 cm³/mol. The number of nitrogens with zero attached hydrogens (tertiary/aromatic N) is 3. The van der Waals surface area contributed by atoms with Crippen molar-refractivity contribution in [2.75, 3.05) is 10.6 Å². The van der Waals surface area contributed by atoms with E-state index in [0.29, 0.717) is 22.5 Å². The number of hydrogen-bond acceptors (Lipinski definition) is 4. The van der Waals surface area contributed by atoms with E-state index in [1.54, 1.807) is 31.2 Å². The van der Waals surface area contributed by atoms with E-state index in [2.05, 4.69) is 20.7 Å². The lowest BCUT2D eigenvalue weighted by Crippen LogP contribution is -2.23. The number of carbonyl (C=O) groups excluding carboxylic acids is 2. The van der Waals surface area contributed by atoms with Gasteiger partial charge < -0.3 is 5.32 Å². The van der Waals surface area contributed by atoms with Gasteiger partial charge in [0.2, 0.25) is 11.9 Å². The fourth-order valence-corrected chi connectivity index (χ4v) is 2.34. The molecule has 0 bridgehead atoms. The van der Waals surface area contributed by atoms with Crippen molar-refractivity contribution in [1.82, 2.24) is 14.8 Å². The maximum atomic E-state index is 12.1. The van der Waals surface area contributed by atoms with Crippen LogP contribution in [-0.2, 0) is 9.59 Å². The summed E-state index contributed by atoms with van der Waals surface area (Å²) in [4.78, 5) is 28.0. The van der Waals surface area contributed by atoms with E-state index in [1.807, 2.05) is 0 Å². The van der Waals surface area contributed by atoms with Gasteiger partial charge in [-0.3, -0.25) is 14.9 Å². The van der Waals surface area contributed by atoms with E-state index >= 15 is 0 Å². The Hall–Kier alpha value is -2.41. The Kier molecular flexibility index (Phi) is 3.34. The minimum absolute atomic E-state index is 0.0349. The fraction of sp³-hybridized carbons (Fsp3) is 0.231. The van der Waals surface area contributed by atoms with Gasteiger partial charge in [-0.15, -0.1) is 0 Å². The van der Waals surface area contributed by atoms with Crippen LogP contribution in [0.2, 0.25) is 5.02 Å². The molecule has 21 heavy (non-hydrogen) atoms. The van der Waals surface area contributed by atoms with Crippen LogP contribution in [0.4, 0.5) is 11.6 Å². The van der Waals surface area contributed by atoms with E-state index in [-0.39, 0.29) is 18.2 Å². The number of aromatic nitrogens is 3. The average molecular weight is 306 g/mol. The maximum Gasteiger partial charge on any atom is 0.252 e. The Balaban J connectivity index is 1.73. The molecule has 1 aliphatic rings. The van der Waals surface area contributed by atoms with Gasteiger partial charge in [0.05, 0.1) is 17.1 Å². The summed E-state index contributed by atoms with van der Waals surface area (Å²) in [5, 5.41) is 9.84. The first kappa shape index (κ1) is 13.6. The van der Waals surface area contributed by atoms with Crippen LogP contribution in [0, 0.1) is 6.92 Å². The van der Waals surface area contributed by atoms with E-state index in [0.717, 1.165) is 0 Å². The topological polar surface area (TPSA) is 88.9 Å². The highest BCUT2D eigenvalue weighted by molar-refractivity contribution is 6.33. The summed E-state index contributed by atoms with van der Waals surface area (Å²) >= 11 is 5.98. The lowest BCUT2D eigenvalue weighted by Gasteiger charge is -2.10. The average Bonchev–Trinajstić information content (AvgIpc) is 2.90. The molecule has 0 unspecified atom stereocenters. The van der Waals surface area contributed by atoms with E-state index in [1.165, 1.54) is 4.68 Å². The lowest BCUT2D eigenvalue weighted by molar-refractivity contribution is -0.123. The summed E-state index contributed by atoms with van der Waals surface area (Å²) in [6.45, 7) is 1.72. The number of benzene rings is 1. The molecular formula is C13H12ClN5O2. The first-order valence-corrected chi connectivity index (χ1v) is 6.71. The molecule has 2 aromatic rings. The third-order valence-corrected chi connectivity index (χ3v) is 3.43. The van der Waals surface area contributed by atoms with Crippen LogP contribution in [0.15, 0.2) is 24.3 Å². The van der Waals surface area contributed by atoms with Crippen LogP contribution >= 0.6 is 11.6 Å². The van der Waals surface area contributed by atoms with Crippen molar-refractivity contribution < 1.29 is 9.59 Å². The number of carbonyl (C=O) groups is 2. The molecular weight excluding hydrogens is 294 g/mol. The SMILES string of the molecule is Cc1nc2n(n1)[C@@H](CC(=O)Nc1ccccc1Cl)C(=O)N2. The summed E-state index contributed by atoms with van der Waals surface area (Å²) in [7, 11) is 0. The number of anilines is 2. The molecule has 1 aromatic carbocycles. The molecule has 2 N–H and O–H groups in total. The second-order valence-electron chi connectivity index (χ2n) is 4.66. The first-order valence-electron chi connectivity index (χ1n) is 6.33. The van der Waals surface area contributed by atoms with Gasteiger partial charge in [-0.1, -0.05) is 23.7 Å². The number of rotatable bonds is 3. The Morgan fingerprint density at radius 2 is 2.24 bits per heavy atom. The Labute approximate surface area is 125 Å². The highest BCUT2D eigenvalue weighted by Crippen LogP contribution is 2.26. The molecule has 1 atom stereocenters. The molecule has 0 aliphatic carbocycles. The highest BCUT2D eigenvalue weighted by atomic mass is 35.5. The van der Waals surface area contributed by atoms with Crippen molar-refractivity contribution >= 4 is 35.1 Å². The van der Waals surface area contributed by atoms with E-state index < -0.39 is 6.04 Å². The summed E-state index contributed by atoms with van der Waals surface area (Å²) in [6.07, 6.45) is -0.0349. The fourth-order valence-electron chi connectivity index (χ4n) is 2.16. The maximum absolute atomic E-state index is 12.1. The largest absolute Gasteiger partial charge is 0.325 e. The van der Waals surface area contributed by atoms with Crippen molar-refractivity contribution in [2.24, 2.45) is 0 Å². The molecule has 2 amide bonds. The second-order valence-corrected chi connectivity index (χ2v) is 5.07. The Morgan fingerprint density at radius 3 is 3.00 bits per heavy atom. The first-order chi connectivity index (χ1) is 10.0. The van der Waals surface area contributed by atoms with Crippen molar-refractivity contribution in [3.8, 4) is 0 Å². The van der Waals surface area contributed by atoms with Crippen LogP contribution in [0.25, 0.3) is 0 Å². The predicted octanol–water partition coefficient (Wildman–Crippen LogP) is 1.76. The van der Waals surface area contributed by atoms with Gasteiger partial charge in [0.15, 0.2) is 0 Å². The van der Waals surface area contributed by atoms with Gasteiger partial charge >= 0.3 is 0 Å². The van der Waals surface area contributed by atoms with Gasteiger partial charge in [-0.2, -0.15) is 10.1 Å². The monoisotopic (exact) mass is 305 g/mol. The minimum Gasteiger partial charge on any atom is -0.325 e. The van der Waals surface area contributed by atoms with Gasteiger partial charge in [0, 0.05) is 0 Å². The van der Waals surface area contributed by atoms with Gasteiger partial charge in [-0.05, 0) is 19.1 Å². The number of para-hydroxylation sites is 1.